The number of benzene rings is 1. The molecule has 0 bridgehead atoms. The van der Waals surface area contributed by atoms with Gasteiger partial charge in [-0.1, -0.05) is 6.07 Å². The molecular formula is C34H51N3O13. The topological polar surface area (TPSA) is 186 Å². The molecule has 0 saturated carbocycles. The van der Waals surface area contributed by atoms with Crippen molar-refractivity contribution in [2.75, 3.05) is 104 Å². The zero-order valence-electron chi connectivity index (χ0n) is 29.3. The van der Waals surface area contributed by atoms with Crippen molar-refractivity contribution < 1.29 is 61.9 Å². The highest BCUT2D eigenvalue weighted by atomic mass is 16.6. The van der Waals surface area contributed by atoms with Gasteiger partial charge in [0.2, 0.25) is 11.8 Å². The summed E-state index contributed by atoms with van der Waals surface area (Å²) in [5, 5.41) is 5.32. The minimum absolute atomic E-state index is 0.0641. The molecule has 1 atom stereocenters. The Hall–Kier alpha value is -3.51. The highest BCUT2D eigenvalue weighted by Crippen LogP contribution is 2.32. The Labute approximate surface area is 292 Å². The number of hydrogen-bond donors (Lipinski definition) is 2. The van der Waals surface area contributed by atoms with Crippen LogP contribution in [-0.4, -0.2) is 145 Å². The van der Waals surface area contributed by atoms with Crippen molar-refractivity contribution in [1.29, 1.82) is 0 Å². The fourth-order valence-electron chi connectivity index (χ4n) is 4.89. The molecule has 2 aliphatic heterocycles. The van der Waals surface area contributed by atoms with Crippen LogP contribution >= 0.6 is 0 Å². The van der Waals surface area contributed by atoms with Crippen molar-refractivity contribution in [3.63, 3.8) is 0 Å². The number of rotatable bonds is 26. The number of esters is 1. The van der Waals surface area contributed by atoms with Crippen LogP contribution < -0.4 is 10.6 Å². The smallest absolute Gasteiger partial charge is 0.308 e. The second-order valence-electron chi connectivity index (χ2n) is 12.2. The highest BCUT2D eigenvalue weighted by Gasteiger charge is 2.45. The van der Waals surface area contributed by atoms with Crippen molar-refractivity contribution in [2.45, 2.75) is 51.7 Å². The van der Waals surface area contributed by atoms with Crippen LogP contribution in [0, 0.1) is 0 Å². The molecule has 0 aromatic heterocycles. The number of imide groups is 2. The normalized spacial score (nSPS) is 16.1. The molecule has 50 heavy (non-hydrogen) atoms. The maximum absolute atomic E-state index is 13.1. The van der Waals surface area contributed by atoms with Crippen LogP contribution in [0.5, 0.6) is 0 Å². The van der Waals surface area contributed by atoms with Gasteiger partial charge in [-0.05, 0) is 39.3 Å². The number of fused-ring (bicyclic) bond motifs is 1. The Kier molecular flexibility index (Phi) is 18.3. The lowest BCUT2D eigenvalue weighted by molar-refractivity contribution is -0.156. The molecule has 0 radical (unpaired) electrons. The molecule has 4 amide bonds. The van der Waals surface area contributed by atoms with E-state index in [9.17, 15) is 24.0 Å². The molecule has 16 heteroatoms. The van der Waals surface area contributed by atoms with Crippen molar-refractivity contribution in [2.24, 2.45) is 0 Å². The van der Waals surface area contributed by atoms with Gasteiger partial charge in [0.05, 0.1) is 110 Å². The van der Waals surface area contributed by atoms with E-state index in [4.69, 9.17) is 37.9 Å². The van der Waals surface area contributed by atoms with E-state index in [2.05, 4.69) is 10.6 Å². The molecule has 280 valence electrons. The fourth-order valence-corrected chi connectivity index (χ4v) is 4.89. The van der Waals surface area contributed by atoms with Crippen molar-refractivity contribution in [3.8, 4) is 0 Å². The first-order valence-corrected chi connectivity index (χ1v) is 16.9. The molecule has 1 aromatic rings. The molecule has 16 nitrogen and oxygen atoms in total. The maximum Gasteiger partial charge on any atom is 0.308 e. The van der Waals surface area contributed by atoms with Gasteiger partial charge in [-0.15, -0.1) is 0 Å². The first-order chi connectivity index (χ1) is 24.1. The van der Waals surface area contributed by atoms with Gasteiger partial charge in [0.25, 0.3) is 11.8 Å². The lowest BCUT2D eigenvalue weighted by Gasteiger charge is -2.27. The maximum atomic E-state index is 13.1. The molecule has 0 aliphatic carbocycles. The molecular weight excluding hydrogens is 658 g/mol. The number of nitrogens with one attached hydrogen (secondary N) is 2. The number of carbonyl (C=O) groups excluding carboxylic acids is 5. The summed E-state index contributed by atoms with van der Waals surface area (Å²) in [6.07, 6.45) is 0.380. The molecule has 1 aromatic carbocycles. The zero-order valence-corrected chi connectivity index (χ0v) is 29.3. The second-order valence-corrected chi connectivity index (χ2v) is 12.2. The van der Waals surface area contributed by atoms with E-state index in [0.717, 1.165) is 4.90 Å². The van der Waals surface area contributed by atoms with Gasteiger partial charge in [-0.25, -0.2) is 0 Å². The molecule has 3 rings (SSSR count). The van der Waals surface area contributed by atoms with E-state index < -0.39 is 35.3 Å². The van der Waals surface area contributed by atoms with E-state index in [0.29, 0.717) is 105 Å². The molecule has 1 unspecified atom stereocenters. The van der Waals surface area contributed by atoms with Crippen LogP contribution in [0.1, 0.15) is 60.7 Å². The van der Waals surface area contributed by atoms with Gasteiger partial charge in [0.15, 0.2) is 0 Å². The van der Waals surface area contributed by atoms with Crippen molar-refractivity contribution in [3.05, 3.63) is 29.3 Å². The summed E-state index contributed by atoms with van der Waals surface area (Å²) in [6.45, 7) is 11.6. The molecule has 0 spiro atoms. The summed E-state index contributed by atoms with van der Waals surface area (Å²) in [7, 11) is 0. The number of anilines is 1. The number of ether oxygens (including phenoxy) is 8. The third-order valence-corrected chi connectivity index (χ3v) is 7.13. The molecule has 2 aliphatic rings. The van der Waals surface area contributed by atoms with Crippen LogP contribution in [0.2, 0.25) is 0 Å². The second kappa shape index (κ2) is 22.3. The van der Waals surface area contributed by atoms with E-state index in [1.165, 1.54) is 0 Å². The molecule has 1 fully saturated rings. The van der Waals surface area contributed by atoms with Crippen LogP contribution in [0.4, 0.5) is 5.69 Å². The first-order valence-electron chi connectivity index (χ1n) is 16.9. The van der Waals surface area contributed by atoms with Gasteiger partial charge in [-0.2, -0.15) is 0 Å². The van der Waals surface area contributed by atoms with E-state index >= 15 is 0 Å². The fraction of sp³-hybridized carbons (Fsp3) is 0.676. The number of amides is 4. The summed E-state index contributed by atoms with van der Waals surface area (Å²) < 4.78 is 43.5. The lowest BCUT2D eigenvalue weighted by Crippen LogP contribution is -2.54. The van der Waals surface area contributed by atoms with Gasteiger partial charge in [0.1, 0.15) is 11.6 Å². The molecule has 2 heterocycles. The summed E-state index contributed by atoms with van der Waals surface area (Å²) in [5.41, 5.74) is 0.408. The Bertz CT molecular complexity index is 1250. The number of carbonyl (C=O) groups is 5. The van der Waals surface area contributed by atoms with E-state index in [-0.39, 0.29) is 36.4 Å². The largest absolute Gasteiger partial charge is 0.460 e. The van der Waals surface area contributed by atoms with Crippen molar-refractivity contribution >= 4 is 35.3 Å². The summed E-state index contributed by atoms with van der Waals surface area (Å²) in [4.78, 5) is 62.4. The lowest BCUT2D eigenvalue weighted by atomic mass is 10.0. The van der Waals surface area contributed by atoms with Gasteiger partial charge in [0, 0.05) is 18.7 Å². The van der Waals surface area contributed by atoms with Crippen LogP contribution in [0.3, 0.4) is 0 Å². The summed E-state index contributed by atoms with van der Waals surface area (Å²) in [5.74, 6) is -2.46. The Balaban J connectivity index is 1.08. The van der Waals surface area contributed by atoms with Gasteiger partial charge >= 0.3 is 5.97 Å². The minimum Gasteiger partial charge on any atom is -0.460 e. The Morgan fingerprint density at radius 1 is 0.740 bits per heavy atom. The average molecular weight is 710 g/mol. The number of piperidine rings is 1. The van der Waals surface area contributed by atoms with Crippen LogP contribution in [0.15, 0.2) is 18.2 Å². The highest BCUT2D eigenvalue weighted by molar-refractivity contribution is 6.25. The van der Waals surface area contributed by atoms with Gasteiger partial charge < -0.3 is 43.2 Å². The monoisotopic (exact) mass is 709 g/mol. The average Bonchev–Trinajstić information content (AvgIpc) is 3.31. The third-order valence-electron chi connectivity index (χ3n) is 7.13. The number of nitrogens with zero attached hydrogens (tertiary/aromatic N) is 1. The SMILES string of the molecule is CC(C)(C)OC(=O)CCOCCOCCOCCOCCOCCOCCOCCNc1cccc2c1C(=O)N(C1CCC(=O)NC1=O)C2=O. The van der Waals surface area contributed by atoms with E-state index in [1.54, 1.807) is 18.2 Å². The predicted molar refractivity (Wildman–Crippen MR) is 178 cm³/mol. The predicted octanol–water partition coefficient (Wildman–Crippen LogP) is 1.35. The first kappa shape index (κ1) is 40.9. The minimum atomic E-state index is -1.01. The molecule has 2 N–H and O–H groups in total. The number of hydrogen-bond acceptors (Lipinski definition) is 14. The zero-order chi connectivity index (χ0) is 36.2. The summed E-state index contributed by atoms with van der Waals surface area (Å²) in [6, 6.07) is 3.89. The van der Waals surface area contributed by atoms with Crippen molar-refractivity contribution in [1.82, 2.24) is 10.2 Å². The van der Waals surface area contributed by atoms with Crippen LogP contribution in [0.25, 0.3) is 0 Å². The quantitative estimate of drug-likeness (QED) is 0.0798. The molecule has 1 saturated heterocycles. The Morgan fingerprint density at radius 2 is 1.24 bits per heavy atom. The van der Waals surface area contributed by atoms with E-state index in [1.807, 2.05) is 20.8 Å². The van der Waals surface area contributed by atoms with Gasteiger partial charge in [-0.3, -0.25) is 34.2 Å². The summed E-state index contributed by atoms with van der Waals surface area (Å²) >= 11 is 0. The Morgan fingerprint density at radius 3 is 1.74 bits per heavy atom. The third kappa shape index (κ3) is 14.8. The van der Waals surface area contributed by atoms with Crippen LogP contribution in [-0.2, 0) is 52.3 Å². The standard InChI is InChI=1S/C34H51N3O13/c1-34(2,3)50-29(39)9-11-43-13-15-45-17-19-47-21-23-49-24-22-48-20-18-46-16-14-44-12-10-35-26-6-4-5-25-30(26)33(42)37(32(25)41)27-7-8-28(38)36-31(27)40/h4-6,27,35H,7-24H2,1-3H3,(H,36,38,40).